The Hall–Kier alpha value is -0.650. The van der Waals surface area contributed by atoms with Crippen molar-refractivity contribution >= 4 is 21.7 Å². The first kappa shape index (κ1) is 15.4. The lowest BCUT2D eigenvalue weighted by Gasteiger charge is -2.24. The highest BCUT2D eigenvalue weighted by Gasteiger charge is 2.11. The number of anilines is 1. The maximum absolute atomic E-state index is 5.42. The Bertz CT molecular complexity index is 360. The minimum Gasteiger partial charge on any atom is -0.380 e. The van der Waals surface area contributed by atoms with Crippen LogP contribution in [0.5, 0.6) is 0 Å². The molecule has 0 bridgehead atoms. The van der Waals surface area contributed by atoms with Crippen LogP contribution >= 0.6 is 15.9 Å². The number of aromatic nitrogens is 1. The van der Waals surface area contributed by atoms with E-state index in [1.54, 1.807) is 0 Å². The Morgan fingerprint density at radius 1 is 1.44 bits per heavy atom. The number of rotatable bonds is 8. The van der Waals surface area contributed by atoms with E-state index in [0.717, 1.165) is 43.1 Å². The molecule has 1 N–H and O–H groups in total. The summed E-state index contributed by atoms with van der Waals surface area (Å²) in [4.78, 5) is 6.78. The number of ether oxygens (including phenoxy) is 1. The predicted octanol–water partition coefficient (Wildman–Crippen LogP) is 2.43. The SMILES string of the molecule is CCOCCN(CC)c1ncc(Br)cc1CNC. The molecule has 0 fully saturated rings. The van der Waals surface area contributed by atoms with E-state index in [-0.39, 0.29) is 0 Å². The first-order valence-electron chi connectivity index (χ1n) is 6.34. The van der Waals surface area contributed by atoms with Gasteiger partial charge in [-0.05, 0) is 42.9 Å². The zero-order valence-corrected chi connectivity index (χ0v) is 13.0. The molecule has 0 spiro atoms. The summed E-state index contributed by atoms with van der Waals surface area (Å²) in [7, 11) is 1.95. The number of nitrogens with zero attached hydrogens (tertiary/aromatic N) is 2. The van der Waals surface area contributed by atoms with E-state index in [9.17, 15) is 0 Å². The monoisotopic (exact) mass is 315 g/mol. The second-order valence-electron chi connectivity index (χ2n) is 3.94. The molecule has 5 heteroatoms. The van der Waals surface area contributed by atoms with Crippen molar-refractivity contribution in [3.8, 4) is 0 Å². The molecule has 0 atom stereocenters. The molecule has 0 aliphatic carbocycles. The average molecular weight is 316 g/mol. The summed E-state index contributed by atoms with van der Waals surface area (Å²) in [5.41, 5.74) is 1.20. The highest BCUT2D eigenvalue weighted by molar-refractivity contribution is 9.10. The Morgan fingerprint density at radius 2 is 2.22 bits per heavy atom. The van der Waals surface area contributed by atoms with Gasteiger partial charge in [0.1, 0.15) is 5.82 Å². The largest absolute Gasteiger partial charge is 0.380 e. The van der Waals surface area contributed by atoms with Crippen LogP contribution in [0.2, 0.25) is 0 Å². The van der Waals surface area contributed by atoms with Crippen LogP contribution in [0.1, 0.15) is 19.4 Å². The second kappa shape index (κ2) is 8.45. The van der Waals surface area contributed by atoms with E-state index in [1.807, 2.05) is 20.2 Å². The van der Waals surface area contributed by atoms with E-state index in [0.29, 0.717) is 0 Å². The summed E-state index contributed by atoms with van der Waals surface area (Å²) in [6, 6.07) is 2.11. The fourth-order valence-corrected chi connectivity index (χ4v) is 2.19. The Morgan fingerprint density at radius 3 is 2.83 bits per heavy atom. The lowest BCUT2D eigenvalue weighted by Crippen LogP contribution is -2.29. The molecule has 0 amide bonds. The van der Waals surface area contributed by atoms with Crippen molar-refractivity contribution in [3.05, 3.63) is 22.3 Å². The summed E-state index contributed by atoms with van der Waals surface area (Å²) in [6.45, 7) is 8.26. The van der Waals surface area contributed by atoms with Gasteiger partial charge < -0.3 is 15.0 Å². The maximum atomic E-state index is 5.42. The lowest BCUT2D eigenvalue weighted by molar-refractivity contribution is 0.154. The van der Waals surface area contributed by atoms with Gasteiger partial charge in [-0.2, -0.15) is 0 Å². The molecule has 0 saturated carbocycles. The molecular weight excluding hydrogens is 294 g/mol. The molecule has 1 rings (SSSR count). The van der Waals surface area contributed by atoms with Crippen LogP contribution in [-0.2, 0) is 11.3 Å². The minimum atomic E-state index is 0.737. The normalized spacial score (nSPS) is 10.7. The molecule has 18 heavy (non-hydrogen) atoms. The molecule has 0 aliphatic heterocycles. The second-order valence-corrected chi connectivity index (χ2v) is 4.86. The van der Waals surface area contributed by atoms with Crippen molar-refractivity contribution in [2.45, 2.75) is 20.4 Å². The molecule has 1 aromatic heterocycles. The van der Waals surface area contributed by atoms with E-state index in [2.05, 4.69) is 44.1 Å². The van der Waals surface area contributed by atoms with Crippen LogP contribution < -0.4 is 10.2 Å². The summed E-state index contributed by atoms with van der Waals surface area (Å²) >= 11 is 3.47. The van der Waals surface area contributed by atoms with Gasteiger partial charge in [0.15, 0.2) is 0 Å². The molecule has 4 nitrogen and oxygen atoms in total. The van der Waals surface area contributed by atoms with Gasteiger partial charge in [-0.1, -0.05) is 0 Å². The molecular formula is C13H22BrN3O. The van der Waals surface area contributed by atoms with Crippen LogP contribution in [0.3, 0.4) is 0 Å². The van der Waals surface area contributed by atoms with Crippen LogP contribution in [0, 0.1) is 0 Å². The summed E-state index contributed by atoms with van der Waals surface area (Å²) in [5.74, 6) is 1.04. The molecule has 0 radical (unpaired) electrons. The maximum Gasteiger partial charge on any atom is 0.133 e. The van der Waals surface area contributed by atoms with Crippen LogP contribution in [0.15, 0.2) is 16.7 Å². The topological polar surface area (TPSA) is 37.4 Å². The highest BCUT2D eigenvalue weighted by Crippen LogP contribution is 2.21. The molecule has 0 unspecified atom stereocenters. The van der Waals surface area contributed by atoms with Gasteiger partial charge in [0.25, 0.3) is 0 Å². The van der Waals surface area contributed by atoms with E-state index < -0.39 is 0 Å². The smallest absolute Gasteiger partial charge is 0.133 e. The summed E-state index contributed by atoms with van der Waals surface area (Å²) < 4.78 is 6.43. The number of likely N-dealkylation sites (N-methyl/N-ethyl adjacent to an activating group) is 1. The summed E-state index contributed by atoms with van der Waals surface area (Å²) in [6.07, 6.45) is 1.85. The van der Waals surface area contributed by atoms with Crippen LogP contribution in [-0.4, -0.2) is 38.3 Å². The number of halogens is 1. The van der Waals surface area contributed by atoms with Gasteiger partial charge in [-0.15, -0.1) is 0 Å². The van der Waals surface area contributed by atoms with E-state index in [4.69, 9.17) is 4.74 Å². The van der Waals surface area contributed by atoms with Gasteiger partial charge in [0.2, 0.25) is 0 Å². The van der Waals surface area contributed by atoms with E-state index in [1.165, 1.54) is 5.56 Å². The van der Waals surface area contributed by atoms with Crippen molar-refractivity contribution in [3.63, 3.8) is 0 Å². The van der Waals surface area contributed by atoms with Crippen molar-refractivity contribution in [2.75, 3.05) is 38.3 Å². The van der Waals surface area contributed by atoms with Gasteiger partial charge >= 0.3 is 0 Å². The minimum absolute atomic E-state index is 0.737. The predicted molar refractivity (Wildman–Crippen MR) is 79.1 cm³/mol. The first-order valence-corrected chi connectivity index (χ1v) is 7.13. The highest BCUT2D eigenvalue weighted by atomic mass is 79.9. The van der Waals surface area contributed by atoms with E-state index >= 15 is 0 Å². The fourth-order valence-electron chi connectivity index (χ4n) is 1.81. The number of pyridine rings is 1. The standard InChI is InChI=1S/C13H22BrN3O/c1-4-17(6-7-18-5-2)13-11(9-15-3)8-12(14)10-16-13/h8,10,15H,4-7,9H2,1-3H3. The number of nitrogens with one attached hydrogen (secondary N) is 1. The fraction of sp³-hybridized carbons (Fsp3) is 0.615. The molecule has 1 heterocycles. The Balaban J connectivity index is 2.82. The number of hydrogen-bond acceptors (Lipinski definition) is 4. The van der Waals surface area contributed by atoms with Gasteiger partial charge in [0.05, 0.1) is 6.61 Å². The van der Waals surface area contributed by atoms with Gasteiger partial charge in [-0.25, -0.2) is 4.98 Å². The summed E-state index contributed by atoms with van der Waals surface area (Å²) in [5, 5.41) is 3.18. The van der Waals surface area contributed by atoms with Crippen molar-refractivity contribution in [2.24, 2.45) is 0 Å². The molecule has 0 saturated heterocycles. The number of hydrogen-bond donors (Lipinski definition) is 1. The quantitative estimate of drug-likeness (QED) is 0.748. The first-order chi connectivity index (χ1) is 8.72. The van der Waals surface area contributed by atoms with Gasteiger partial charge in [0, 0.05) is 42.5 Å². The molecule has 0 aliphatic rings. The van der Waals surface area contributed by atoms with Crippen molar-refractivity contribution in [1.29, 1.82) is 0 Å². The van der Waals surface area contributed by atoms with Crippen molar-refractivity contribution in [1.82, 2.24) is 10.3 Å². The third-order valence-corrected chi connectivity index (χ3v) is 3.10. The molecule has 102 valence electrons. The Labute approximate surface area is 118 Å². The van der Waals surface area contributed by atoms with Crippen LogP contribution in [0.25, 0.3) is 0 Å². The Kier molecular flexibility index (Phi) is 7.23. The lowest BCUT2D eigenvalue weighted by atomic mass is 10.2. The third-order valence-electron chi connectivity index (χ3n) is 2.67. The zero-order valence-electron chi connectivity index (χ0n) is 11.4. The zero-order chi connectivity index (χ0) is 13.4. The third kappa shape index (κ3) is 4.55. The molecule has 0 aromatic carbocycles. The van der Waals surface area contributed by atoms with Crippen molar-refractivity contribution < 1.29 is 4.74 Å². The average Bonchev–Trinajstić information content (AvgIpc) is 2.36. The van der Waals surface area contributed by atoms with Gasteiger partial charge in [-0.3, -0.25) is 0 Å². The molecule has 1 aromatic rings. The van der Waals surface area contributed by atoms with Crippen LogP contribution in [0.4, 0.5) is 5.82 Å².